The molecule has 4 aromatic rings. The summed E-state index contributed by atoms with van der Waals surface area (Å²) in [6.45, 7) is 3.73. The van der Waals surface area contributed by atoms with Gasteiger partial charge in [-0.05, 0) is 31.2 Å². The van der Waals surface area contributed by atoms with Crippen LogP contribution in [0.2, 0.25) is 0 Å². The van der Waals surface area contributed by atoms with E-state index in [9.17, 15) is 9.59 Å². The number of aryl methyl sites for hydroxylation is 1. The third kappa shape index (κ3) is 4.44. The Balaban J connectivity index is 1.46. The zero-order valence-electron chi connectivity index (χ0n) is 16.2. The average molecular weight is 439 g/mol. The lowest BCUT2D eigenvalue weighted by Gasteiger charge is -1.99. The van der Waals surface area contributed by atoms with E-state index in [0.29, 0.717) is 17.4 Å². The third-order valence-electron chi connectivity index (χ3n) is 4.13. The van der Waals surface area contributed by atoms with Crippen molar-refractivity contribution in [2.45, 2.75) is 20.4 Å². The highest BCUT2D eigenvalue weighted by molar-refractivity contribution is 7.17. The molecule has 1 aromatic carbocycles. The van der Waals surface area contributed by atoms with Crippen LogP contribution in [0.4, 0.5) is 5.13 Å². The number of thiazole rings is 1. The molecule has 10 heteroatoms. The maximum atomic E-state index is 12.7. The van der Waals surface area contributed by atoms with E-state index in [1.165, 1.54) is 23.1 Å². The summed E-state index contributed by atoms with van der Waals surface area (Å²) in [5, 5.41) is 16.6. The summed E-state index contributed by atoms with van der Waals surface area (Å²) in [7, 11) is 0. The molecule has 0 atom stereocenters. The Kier molecular flexibility index (Phi) is 5.68. The van der Waals surface area contributed by atoms with Crippen molar-refractivity contribution >= 4 is 39.6 Å². The molecular weight excluding hydrogens is 420 g/mol. The average Bonchev–Trinajstić information content (AvgIpc) is 3.46. The predicted octanol–water partition coefficient (Wildman–Crippen LogP) is 3.65. The number of rotatable bonds is 6. The number of aromatic nitrogens is 4. The molecule has 0 aliphatic heterocycles. The monoisotopic (exact) mass is 438 g/mol. The van der Waals surface area contributed by atoms with Crippen LogP contribution < -0.4 is 10.6 Å². The summed E-state index contributed by atoms with van der Waals surface area (Å²) >= 11 is 2.89. The molecule has 0 radical (unpaired) electrons. The van der Waals surface area contributed by atoms with Gasteiger partial charge in [0, 0.05) is 17.2 Å². The van der Waals surface area contributed by atoms with E-state index in [2.05, 4.69) is 25.8 Å². The molecular formula is C20H18N6O2S2. The Morgan fingerprint density at radius 3 is 2.67 bits per heavy atom. The van der Waals surface area contributed by atoms with Crippen LogP contribution in [0.5, 0.6) is 0 Å². The number of para-hydroxylation sites is 1. The zero-order valence-corrected chi connectivity index (χ0v) is 17.9. The van der Waals surface area contributed by atoms with Crippen LogP contribution in [0.15, 0.2) is 47.8 Å². The van der Waals surface area contributed by atoms with Crippen molar-refractivity contribution in [2.75, 3.05) is 5.32 Å². The van der Waals surface area contributed by atoms with E-state index < -0.39 is 0 Å². The fraction of sp³-hybridized carbons (Fsp3) is 0.150. The van der Waals surface area contributed by atoms with Gasteiger partial charge >= 0.3 is 0 Å². The minimum absolute atomic E-state index is 0.0666. The molecule has 0 unspecified atom stereocenters. The number of thiophene rings is 1. The van der Waals surface area contributed by atoms with E-state index in [-0.39, 0.29) is 17.5 Å². The molecule has 3 heterocycles. The first-order chi connectivity index (χ1) is 14.5. The molecule has 152 valence electrons. The Hall–Kier alpha value is -3.37. The standard InChI is InChI=1S/C20H18N6O2S2/c1-12-18(25-26(24-12)14-6-4-3-5-7-14)19(28)23-20-22-16(11-29-20)17-9-8-15(30-17)10-21-13(2)27/h3-9,11H,10H2,1-2H3,(H,21,27)(H,22,23,28). The highest BCUT2D eigenvalue weighted by Crippen LogP contribution is 2.31. The molecule has 0 aliphatic carbocycles. The quantitative estimate of drug-likeness (QED) is 0.478. The predicted molar refractivity (Wildman–Crippen MR) is 117 cm³/mol. The van der Waals surface area contributed by atoms with Crippen LogP contribution in [-0.2, 0) is 11.3 Å². The molecule has 0 saturated carbocycles. The second-order valence-corrected chi connectivity index (χ2v) is 8.45. The van der Waals surface area contributed by atoms with Crippen LogP contribution in [0.3, 0.4) is 0 Å². The number of carbonyl (C=O) groups excluding carboxylic acids is 2. The summed E-state index contributed by atoms with van der Waals surface area (Å²) in [6.07, 6.45) is 0. The molecule has 2 N–H and O–H groups in total. The number of nitrogens with zero attached hydrogens (tertiary/aromatic N) is 4. The van der Waals surface area contributed by atoms with E-state index >= 15 is 0 Å². The van der Waals surface area contributed by atoms with Crippen molar-refractivity contribution in [3.8, 4) is 16.3 Å². The van der Waals surface area contributed by atoms with Gasteiger partial charge in [-0.25, -0.2) is 4.98 Å². The molecule has 3 aromatic heterocycles. The lowest BCUT2D eigenvalue weighted by atomic mass is 10.3. The largest absolute Gasteiger partial charge is 0.351 e. The number of carbonyl (C=O) groups is 2. The van der Waals surface area contributed by atoms with Gasteiger partial charge in [-0.15, -0.1) is 27.8 Å². The highest BCUT2D eigenvalue weighted by Gasteiger charge is 2.18. The first-order valence-electron chi connectivity index (χ1n) is 9.09. The summed E-state index contributed by atoms with van der Waals surface area (Å²) < 4.78 is 0. The Morgan fingerprint density at radius 2 is 1.90 bits per heavy atom. The van der Waals surface area contributed by atoms with Gasteiger partial charge in [-0.1, -0.05) is 18.2 Å². The van der Waals surface area contributed by atoms with Gasteiger partial charge in [-0.2, -0.15) is 9.90 Å². The topological polar surface area (TPSA) is 102 Å². The third-order valence-corrected chi connectivity index (χ3v) is 6.00. The fourth-order valence-corrected chi connectivity index (χ4v) is 4.38. The maximum absolute atomic E-state index is 12.7. The van der Waals surface area contributed by atoms with Crippen molar-refractivity contribution in [3.63, 3.8) is 0 Å². The number of benzene rings is 1. The van der Waals surface area contributed by atoms with Crippen LogP contribution in [0.1, 0.15) is 28.0 Å². The summed E-state index contributed by atoms with van der Waals surface area (Å²) in [4.78, 5) is 31.7. The summed E-state index contributed by atoms with van der Waals surface area (Å²) in [5.74, 6) is -0.420. The second kappa shape index (κ2) is 8.56. The normalized spacial score (nSPS) is 10.7. The zero-order chi connectivity index (χ0) is 21.1. The van der Waals surface area contributed by atoms with E-state index in [0.717, 1.165) is 21.1 Å². The number of anilines is 1. The smallest absolute Gasteiger partial charge is 0.279 e. The Labute approximate surface area is 180 Å². The molecule has 0 bridgehead atoms. The van der Waals surface area contributed by atoms with Gasteiger partial charge in [0.1, 0.15) is 0 Å². The van der Waals surface area contributed by atoms with Crippen LogP contribution in [-0.4, -0.2) is 31.8 Å². The van der Waals surface area contributed by atoms with Gasteiger partial charge < -0.3 is 5.32 Å². The molecule has 0 saturated heterocycles. The van der Waals surface area contributed by atoms with Crippen molar-refractivity contribution in [1.82, 2.24) is 25.3 Å². The number of hydrogen-bond acceptors (Lipinski definition) is 7. The minimum atomic E-state index is -0.354. The lowest BCUT2D eigenvalue weighted by molar-refractivity contribution is -0.119. The van der Waals surface area contributed by atoms with Crippen molar-refractivity contribution in [2.24, 2.45) is 0 Å². The summed E-state index contributed by atoms with van der Waals surface area (Å²) in [5.41, 5.74) is 2.35. The van der Waals surface area contributed by atoms with E-state index in [4.69, 9.17) is 0 Å². The van der Waals surface area contributed by atoms with Crippen LogP contribution in [0, 0.1) is 6.92 Å². The SMILES string of the molecule is CC(=O)NCc1ccc(-c2csc(NC(=O)c3nn(-c4ccccc4)nc3C)n2)s1. The number of nitrogens with one attached hydrogen (secondary N) is 2. The number of hydrogen-bond donors (Lipinski definition) is 2. The molecule has 0 spiro atoms. The first-order valence-corrected chi connectivity index (χ1v) is 10.8. The highest BCUT2D eigenvalue weighted by atomic mass is 32.1. The second-order valence-electron chi connectivity index (χ2n) is 6.43. The van der Waals surface area contributed by atoms with Gasteiger partial charge in [0.15, 0.2) is 10.8 Å². The molecule has 0 fully saturated rings. The molecule has 8 nitrogen and oxygen atoms in total. The molecule has 0 aliphatic rings. The van der Waals surface area contributed by atoms with Gasteiger partial charge in [0.25, 0.3) is 5.91 Å². The lowest BCUT2D eigenvalue weighted by Crippen LogP contribution is -2.17. The van der Waals surface area contributed by atoms with Gasteiger partial charge in [-0.3, -0.25) is 14.9 Å². The van der Waals surface area contributed by atoms with Gasteiger partial charge in [0.05, 0.1) is 28.5 Å². The first kappa shape index (κ1) is 19.9. The maximum Gasteiger partial charge on any atom is 0.279 e. The van der Waals surface area contributed by atoms with Crippen LogP contribution >= 0.6 is 22.7 Å². The van der Waals surface area contributed by atoms with Crippen molar-refractivity contribution in [1.29, 1.82) is 0 Å². The minimum Gasteiger partial charge on any atom is -0.351 e. The molecule has 2 amide bonds. The van der Waals surface area contributed by atoms with Gasteiger partial charge in [0.2, 0.25) is 5.91 Å². The molecule has 4 rings (SSSR count). The molecule has 30 heavy (non-hydrogen) atoms. The summed E-state index contributed by atoms with van der Waals surface area (Å²) in [6, 6.07) is 13.3. The van der Waals surface area contributed by atoms with Crippen molar-refractivity contribution in [3.05, 3.63) is 64.1 Å². The number of amides is 2. The van der Waals surface area contributed by atoms with E-state index in [1.807, 2.05) is 47.8 Å². The van der Waals surface area contributed by atoms with E-state index in [1.54, 1.807) is 18.3 Å². The van der Waals surface area contributed by atoms with Crippen LogP contribution in [0.25, 0.3) is 16.3 Å². The Bertz CT molecular complexity index is 1200. The Morgan fingerprint density at radius 1 is 1.10 bits per heavy atom. The van der Waals surface area contributed by atoms with Crippen molar-refractivity contribution < 1.29 is 9.59 Å². The fourth-order valence-electron chi connectivity index (χ4n) is 2.69.